The van der Waals surface area contributed by atoms with Crippen LogP contribution in [0.15, 0.2) is 0 Å². The molecule has 0 aliphatic rings. The molecule has 0 unspecified atom stereocenters. The van der Waals surface area contributed by atoms with E-state index in [2.05, 4.69) is 0 Å². The summed E-state index contributed by atoms with van der Waals surface area (Å²) in [6.45, 7) is 1.08. The van der Waals surface area contributed by atoms with Crippen LogP contribution in [0, 0.1) is 0 Å². The van der Waals surface area contributed by atoms with Gasteiger partial charge in [0.25, 0.3) is 13.8 Å². The van der Waals surface area contributed by atoms with Crippen LogP contribution in [0.4, 0.5) is 17.3 Å². The van der Waals surface area contributed by atoms with Gasteiger partial charge in [-0.2, -0.15) is 0 Å². The van der Waals surface area contributed by atoms with Crippen molar-refractivity contribution in [2.45, 2.75) is 6.92 Å². The fourth-order valence-corrected chi connectivity index (χ4v) is 0. The van der Waals surface area contributed by atoms with Crippen molar-refractivity contribution >= 4 is 21.0 Å². The van der Waals surface area contributed by atoms with Gasteiger partial charge in [-0.1, -0.05) is 0 Å². The van der Waals surface area contributed by atoms with Crippen LogP contribution in [-0.4, -0.2) is 28.1 Å². The average Bonchev–Trinajstić information content (AvgIpc) is 1.45. The Hall–Kier alpha value is 2.64. The number of carbonyl (C=O) groups is 1. The Morgan fingerprint density at radius 2 is 1.19 bits per heavy atom. The van der Waals surface area contributed by atoms with Gasteiger partial charge in [-0.05, 0) is 0 Å². The van der Waals surface area contributed by atoms with E-state index >= 15 is 0 Å². The van der Waals surface area contributed by atoms with E-state index < -0.39 is 21.0 Å². The molecule has 0 heterocycles. The minimum atomic E-state index is -6.00. The zero-order valence-electron chi connectivity index (χ0n) is 8.60. The Morgan fingerprint density at radius 1 is 1.19 bits per heavy atom. The maximum Gasteiger partial charge on any atom is 1.00 e. The second-order valence-electron chi connectivity index (χ2n) is 1.50. The zero-order chi connectivity index (χ0) is 12.6. The normalized spacial score (nSPS) is 9.00. The first-order valence-corrected chi connectivity index (χ1v) is 4.10. The molecule has 88 valence electrons. The van der Waals surface area contributed by atoms with Crippen LogP contribution >= 0.6 is 7.82 Å². The predicted molar refractivity (Wildman–Crippen MR) is 35.5 cm³/mol. The molecule has 0 fully saturated rings. The second-order valence-corrected chi connectivity index (χ2v) is 2.49. The van der Waals surface area contributed by atoms with E-state index in [4.69, 9.17) is 29.1 Å². The van der Waals surface area contributed by atoms with E-state index in [1.54, 1.807) is 0 Å². The van der Waals surface area contributed by atoms with Crippen LogP contribution in [0.2, 0.25) is 0 Å². The number of rotatable bonds is 0. The van der Waals surface area contributed by atoms with Crippen molar-refractivity contribution in [3.05, 3.63) is 0 Å². The molecule has 16 heavy (non-hydrogen) atoms. The summed E-state index contributed by atoms with van der Waals surface area (Å²) in [5.41, 5.74) is 0. The zero-order valence-corrected chi connectivity index (χ0v) is 15.7. The molecule has 0 radical (unpaired) electrons. The molecule has 0 aliphatic carbocycles. The second kappa shape index (κ2) is 15.7. The summed E-state index contributed by atoms with van der Waals surface area (Å²) >= 11 is 0. The first kappa shape index (κ1) is 31.2. The van der Waals surface area contributed by atoms with Gasteiger partial charge in [0.1, 0.15) is 0 Å². The predicted octanol–water partition coefficient (Wildman–Crippen LogP) is -6.16. The largest absolute Gasteiger partial charge is 1.00 e. The Morgan fingerprint density at radius 3 is 1.19 bits per heavy atom. The summed E-state index contributed by atoms with van der Waals surface area (Å²) in [6, 6.07) is 0. The van der Waals surface area contributed by atoms with E-state index in [1.165, 1.54) is 0 Å². The molecule has 0 aliphatic heterocycles. The number of aliphatic carboxylic acids is 1. The molecule has 0 aromatic carbocycles. The van der Waals surface area contributed by atoms with Crippen molar-refractivity contribution in [2.24, 2.45) is 0 Å². The van der Waals surface area contributed by atoms with Gasteiger partial charge >= 0.3 is 110 Å². The van der Waals surface area contributed by atoms with Gasteiger partial charge in [0.05, 0.1) is 0 Å². The number of hydrogen-bond donors (Lipinski definition) is 3. The maximum absolute atomic E-state index is 9.75. The molecule has 0 atom stereocenters. The molecule has 0 saturated carbocycles. The number of carboxylic acids is 1. The van der Waals surface area contributed by atoms with Crippen molar-refractivity contribution in [2.75, 3.05) is 0 Å². The SMILES string of the molecule is CC(=O)O.F[B-](F)(F)F.O=P([O-])(O)O.[K+].[K+]. The van der Waals surface area contributed by atoms with Crippen molar-refractivity contribution in [1.82, 2.24) is 0 Å². The third-order valence-electron chi connectivity index (χ3n) is 0. The van der Waals surface area contributed by atoms with Crippen molar-refractivity contribution in [1.29, 1.82) is 0 Å². The first-order valence-electron chi connectivity index (χ1n) is 2.57. The van der Waals surface area contributed by atoms with E-state index in [-0.39, 0.29) is 103 Å². The number of carboxylic acid groups (broad SMARTS) is 1. The van der Waals surface area contributed by atoms with Crippen LogP contribution < -0.4 is 108 Å². The van der Waals surface area contributed by atoms with Crippen LogP contribution in [-0.2, 0) is 9.36 Å². The van der Waals surface area contributed by atoms with Gasteiger partial charge in [0.15, 0.2) is 0 Å². The topological polar surface area (TPSA) is 118 Å². The van der Waals surface area contributed by atoms with Crippen LogP contribution in [0.3, 0.4) is 0 Å². The molecule has 0 bridgehead atoms. The standard InChI is InChI=1S/C2H4O2.BF4.2K.H3O4P/c1-2(3)4;2-1(3,4)5;;;1-5(2,3)4/h1H3,(H,3,4);;;;(H3,1,2,3,4)/q;-1;2*+1;/p-1. The summed E-state index contributed by atoms with van der Waals surface area (Å²) in [6.07, 6.45) is 0. The molecule has 14 heteroatoms. The van der Waals surface area contributed by atoms with Gasteiger partial charge in [0.2, 0.25) is 0 Å². The Labute approximate surface area is 173 Å². The molecule has 0 saturated heterocycles. The fraction of sp³-hybridized carbons (Fsp3) is 0.500. The molecule has 0 aromatic rings. The summed E-state index contributed by atoms with van der Waals surface area (Å²) in [7, 11) is -10.9. The number of phosphoric acid groups is 1. The third kappa shape index (κ3) is 585. The summed E-state index contributed by atoms with van der Waals surface area (Å²) < 4.78 is 47.8. The smallest absolute Gasteiger partial charge is 0.756 e. The Kier molecular flexibility index (Phi) is 30.6. The van der Waals surface area contributed by atoms with Crippen molar-refractivity contribution < 1.29 is 149 Å². The van der Waals surface area contributed by atoms with E-state index in [1.807, 2.05) is 0 Å². The average molecular weight is 322 g/mol. The molecular formula is C2H6BF4K2O6P. The van der Waals surface area contributed by atoms with Gasteiger partial charge in [-0.25, -0.2) is 0 Å². The first-order chi connectivity index (χ1) is 5.73. The van der Waals surface area contributed by atoms with E-state index in [0.717, 1.165) is 6.92 Å². The van der Waals surface area contributed by atoms with Gasteiger partial charge < -0.3 is 37.0 Å². The molecule has 0 amide bonds. The molecule has 6 nitrogen and oxygen atoms in total. The number of hydrogen-bond acceptors (Lipinski definition) is 3. The maximum atomic E-state index is 9.75. The molecule has 3 N–H and O–H groups in total. The van der Waals surface area contributed by atoms with Gasteiger partial charge in [-0.3, -0.25) is 9.36 Å². The minimum Gasteiger partial charge on any atom is -0.756 e. The van der Waals surface area contributed by atoms with Crippen LogP contribution in [0.25, 0.3) is 0 Å². The third-order valence-corrected chi connectivity index (χ3v) is 0. The Bertz CT molecular complexity index is 189. The fourth-order valence-electron chi connectivity index (χ4n) is 0. The molecule has 0 rings (SSSR count). The van der Waals surface area contributed by atoms with Crippen LogP contribution in [0.1, 0.15) is 6.92 Å². The monoisotopic (exact) mass is 322 g/mol. The van der Waals surface area contributed by atoms with E-state index in [0.29, 0.717) is 0 Å². The van der Waals surface area contributed by atoms with Gasteiger partial charge in [-0.15, -0.1) is 0 Å². The number of halogens is 4. The van der Waals surface area contributed by atoms with Crippen molar-refractivity contribution in [3.63, 3.8) is 0 Å². The molecule has 0 aromatic heterocycles. The molecule has 0 spiro atoms. The van der Waals surface area contributed by atoms with E-state index in [9.17, 15) is 17.3 Å². The summed E-state index contributed by atoms with van der Waals surface area (Å²) in [5.74, 6) is -0.833. The Balaban J connectivity index is -0.0000000358. The van der Waals surface area contributed by atoms with Crippen molar-refractivity contribution in [3.8, 4) is 0 Å². The van der Waals surface area contributed by atoms with Gasteiger partial charge in [0, 0.05) is 6.92 Å². The summed E-state index contributed by atoms with van der Waals surface area (Å²) in [4.78, 5) is 31.9. The quantitative estimate of drug-likeness (QED) is 0.232. The van der Waals surface area contributed by atoms with Crippen LogP contribution in [0.5, 0.6) is 0 Å². The molecular weight excluding hydrogens is 316 g/mol. The summed E-state index contributed by atoms with van der Waals surface area (Å²) in [5, 5.41) is 7.42. The minimum absolute atomic E-state index is 0.